The van der Waals surface area contributed by atoms with Gasteiger partial charge in [0.15, 0.2) is 0 Å². The standard InChI is InChI=1S/C13H15NO3/c1-9(15)8-10-2-4-11(5-3-10)13(17)12(16)6-7-14/h2-5,12-13,16-17H,6,8H2,1H3. The first-order valence-electron chi connectivity index (χ1n) is 5.36. The lowest BCUT2D eigenvalue weighted by molar-refractivity contribution is -0.116. The van der Waals surface area contributed by atoms with Crippen LogP contribution in [0.4, 0.5) is 0 Å². The molecule has 4 nitrogen and oxygen atoms in total. The summed E-state index contributed by atoms with van der Waals surface area (Å²) < 4.78 is 0. The Kier molecular flexibility index (Phi) is 4.83. The molecule has 0 spiro atoms. The smallest absolute Gasteiger partial charge is 0.134 e. The summed E-state index contributed by atoms with van der Waals surface area (Å²) in [5, 5.41) is 27.6. The summed E-state index contributed by atoms with van der Waals surface area (Å²) in [6, 6.07) is 8.58. The average molecular weight is 233 g/mol. The van der Waals surface area contributed by atoms with Crippen LogP contribution in [0.3, 0.4) is 0 Å². The minimum absolute atomic E-state index is 0.0720. The minimum atomic E-state index is -1.08. The van der Waals surface area contributed by atoms with E-state index in [9.17, 15) is 15.0 Å². The van der Waals surface area contributed by atoms with Crippen molar-refractivity contribution >= 4 is 5.78 Å². The van der Waals surface area contributed by atoms with Gasteiger partial charge in [0.1, 0.15) is 11.9 Å². The van der Waals surface area contributed by atoms with E-state index in [0.29, 0.717) is 12.0 Å². The summed E-state index contributed by atoms with van der Waals surface area (Å²) in [7, 11) is 0. The van der Waals surface area contributed by atoms with Gasteiger partial charge in [-0.25, -0.2) is 0 Å². The van der Waals surface area contributed by atoms with E-state index in [0.717, 1.165) is 5.56 Å². The van der Waals surface area contributed by atoms with Crippen molar-refractivity contribution in [3.05, 3.63) is 35.4 Å². The molecule has 2 N–H and O–H groups in total. The molecule has 17 heavy (non-hydrogen) atoms. The number of nitriles is 1. The number of hydrogen-bond donors (Lipinski definition) is 2. The molecule has 0 radical (unpaired) electrons. The summed E-state index contributed by atoms with van der Waals surface area (Å²) in [5.41, 5.74) is 1.41. The monoisotopic (exact) mass is 233 g/mol. The van der Waals surface area contributed by atoms with Crippen molar-refractivity contribution in [3.63, 3.8) is 0 Å². The molecule has 1 aromatic carbocycles. The van der Waals surface area contributed by atoms with E-state index in [4.69, 9.17) is 5.26 Å². The fourth-order valence-electron chi connectivity index (χ4n) is 1.55. The van der Waals surface area contributed by atoms with Crippen LogP contribution in [0.2, 0.25) is 0 Å². The Morgan fingerprint density at radius 1 is 1.35 bits per heavy atom. The lowest BCUT2D eigenvalue weighted by atomic mass is 10.00. The maximum Gasteiger partial charge on any atom is 0.134 e. The van der Waals surface area contributed by atoms with Crippen molar-refractivity contribution < 1.29 is 15.0 Å². The third-order valence-corrected chi connectivity index (χ3v) is 2.44. The lowest BCUT2D eigenvalue weighted by Crippen LogP contribution is -2.17. The molecular weight excluding hydrogens is 218 g/mol. The number of benzene rings is 1. The highest BCUT2D eigenvalue weighted by molar-refractivity contribution is 5.78. The van der Waals surface area contributed by atoms with Gasteiger partial charge in [-0.15, -0.1) is 0 Å². The van der Waals surface area contributed by atoms with E-state index in [-0.39, 0.29) is 12.2 Å². The second kappa shape index (κ2) is 6.14. The molecule has 1 rings (SSSR count). The molecule has 0 heterocycles. The molecule has 2 unspecified atom stereocenters. The summed E-state index contributed by atoms with van der Waals surface area (Å²) in [6.45, 7) is 1.51. The Balaban J connectivity index is 2.73. The summed E-state index contributed by atoms with van der Waals surface area (Å²) in [6.07, 6.45) is -1.91. The molecule has 0 aliphatic carbocycles. The van der Waals surface area contributed by atoms with Crippen LogP contribution >= 0.6 is 0 Å². The van der Waals surface area contributed by atoms with Crippen LogP contribution < -0.4 is 0 Å². The van der Waals surface area contributed by atoms with Crippen molar-refractivity contribution in [3.8, 4) is 6.07 Å². The van der Waals surface area contributed by atoms with E-state index >= 15 is 0 Å². The summed E-state index contributed by atoms with van der Waals surface area (Å²) >= 11 is 0. The number of aliphatic hydroxyl groups is 2. The van der Waals surface area contributed by atoms with Crippen LogP contribution in [0.15, 0.2) is 24.3 Å². The highest BCUT2D eigenvalue weighted by atomic mass is 16.3. The Bertz CT molecular complexity index is 419. The number of carbonyl (C=O) groups excluding carboxylic acids is 1. The molecule has 0 saturated carbocycles. The Morgan fingerprint density at radius 2 is 1.94 bits per heavy atom. The lowest BCUT2D eigenvalue weighted by Gasteiger charge is -2.15. The number of nitrogens with zero attached hydrogens (tertiary/aromatic N) is 1. The van der Waals surface area contributed by atoms with Crippen molar-refractivity contribution in [2.75, 3.05) is 0 Å². The first-order chi connectivity index (χ1) is 8.04. The van der Waals surface area contributed by atoms with Crippen LogP contribution in [0.1, 0.15) is 30.6 Å². The number of ketones is 1. The third kappa shape index (κ3) is 3.99. The van der Waals surface area contributed by atoms with Crippen LogP contribution in [0.5, 0.6) is 0 Å². The van der Waals surface area contributed by atoms with Crippen LogP contribution in [-0.2, 0) is 11.2 Å². The zero-order chi connectivity index (χ0) is 12.8. The molecule has 0 saturated heterocycles. The van der Waals surface area contributed by atoms with E-state index in [1.807, 2.05) is 0 Å². The molecule has 90 valence electrons. The molecule has 0 amide bonds. The SMILES string of the molecule is CC(=O)Cc1ccc(C(O)C(O)CC#N)cc1. The van der Waals surface area contributed by atoms with Crippen molar-refractivity contribution in [2.45, 2.75) is 32.0 Å². The van der Waals surface area contributed by atoms with E-state index in [2.05, 4.69) is 0 Å². The van der Waals surface area contributed by atoms with Gasteiger partial charge in [-0.3, -0.25) is 4.79 Å². The fraction of sp³-hybridized carbons (Fsp3) is 0.385. The number of rotatable bonds is 5. The maximum absolute atomic E-state index is 10.9. The van der Waals surface area contributed by atoms with Gasteiger partial charge in [-0.05, 0) is 18.1 Å². The Labute approximate surface area is 100 Å². The zero-order valence-electron chi connectivity index (χ0n) is 9.63. The molecule has 0 aromatic heterocycles. The van der Waals surface area contributed by atoms with Crippen LogP contribution in [-0.4, -0.2) is 22.1 Å². The van der Waals surface area contributed by atoms with Gasteiger partial charge in [0.25, 0.3) is 0 Å². The largest absolute Gasteiger partial charge is 0.389 e. The average Bonchev–Trinajstić information content (AvgIpc) is 2.28. The molecule has 0 fully saturated rings. The molecule has 1 aromatic rings. The van der Waals surface area contributed by atoms with E-state index in [1.54, 1.807) is 30.3 Å². The van der Waals surface area contributed by atoms with E-state index < -0.39 is 12.2 Å². The van der Waals surface area contributed by atoms with Crippen molar-refractivity contribution in [1.29, 1.82) is 5.26 Å². The van der Waals surface area contributed by atoms with Crippen molar-refractivity contribution in [2.24, 2.45) is 0 Å². The molecular formula is C13H15NO3. The van der Waals surface area contributed by atoms with Crippen molar-refractivity contribution in [1.82, 2.24) is 0 Å². The molecule has 0 bridgehead atoms. The van der Waals surface area contributed by atoms with Gasteiger partial charge in [-0.1, -0.05) is 24.3 Å². The van der Waals surface area contributed by atoms with E-state index in [1.165, 1.54) is 6.92 Å². The normalized spacial score (nSPS) is 13.8. The van der Waals surface area contributed by atoms with Gasteiger partial charge in [-0.2, -0.15) is 5.26 Å². The number of carbonyl (C=O) groups is 1. The van der Waals surface area contributed by atoms with Gasteiger partial charge in [0.2, 0.25) is 0 Å². The fourth-order valence-corrected chi connectivity index (χ4v) is 1.55. The molecule has 2 atom stereocenters. The van der Waals surface area contributed by atoms with Gasteiger partial charge in [0.05, 0.1) is 18.6 Å². The summed E-state index contributed by atoms with van der Waals surface area (Å²) in [4.78, 5) is 10.9. The quantitative estimate of drug-likeness (QED) is 0.798. The highest BCUT2D eigenvalue weighted by Crippen LogP contribution is 2.19. The molecule has 4 heteroatoms. The molecule has 0 aliphatic heterocycles. The summed E-state index contributed by atoms with van der Waals surface area (Å²) in [5.74, 6) is 0.0720. The molecule has 0 aliphatic rings. The van der Waals surface area contributed by atoms with Gasteiger partial charge in [0, 0.05) is 6.42 Å². The van der Waals surface area contributed by atoms with Gasteiger partial charge >= 0.3 is 0 Å². The predicted molar refractivity (Wildman–Crippen MR) is 62.0 cm³/mol. The topological polar surface area (TPSA) is 81.3 Å². The highest BCUT2D eigenvalue weighted by Gasteiger charge is 2.17. The first kappa shape index (κ1) is 13.4. The third-order valence-electron chi connectivity index (χ3n) is 2.44. The Morgan fingerprint density at radius 3 is 2.41 bits per heavy atom. The van der Waals surface area contributed by atoms with Crippen LogP contribution in [0.25, 0.3) is 0 Å². The number of Topliss-reactive ketones (excluding diaryl/α,β-unsaturated/α-hetero) is 1. The van der Waals surface area contributed by atoms with Crippen LogP contribution in [0, 0.1) is 11.3 Å². The first-order valence-corrected chi connectivity index (χ1v) is 5.36. The minimum Gasteiger partial charge on any atom is -0.389 e. The number of aliphatic hydroxyl groups excluding tert-OH is 2. The Hall–Kier alpha value is -1.70. The maximum atomic E-state index is 10.9. The predicted octanol–water partition coefficient (Wildman–Crippen LogP) is 1.13. The number of hydrogen-bond acceptors (Lipinski definition) is 4. The zero-order valence-corrected chi connectivity index (χ0v) is 9.63. The second-order valence-corrected chi connectivity index (χ2v) is 3.99. The van der Waals surface area contributed by atoms with Gasteiger partial charge < -0.3 is 10.2 Å². The second-order valence-electron chi connectivity index (χ2n) is 3.99.